The molecule has 0 radical (unpaired) electrons. The fraction of sp³-hybridized carbons (Fsp3) is 0.133. The average Bonchev–Trinajstić information content (AvgIpc) is 2.41. The second-order valence-electron chi connectivity index (χ2n) is 4.61. The van der Waals surface area contributed by atoms with Crippen LogP contribution in [0.25, 0.3) is 0 Å². The summed E-state index contributed by atoms with van der Waals surface area (Å²) in [6.07, 6.45) is 0. The first-order chi connectivity index (χ1) is 9.88. The van der Waals surface area contributed by atoms with Gasteiger partial charge < -0.3 is 11.1 Å². The first kappa shape index (κ1) is 14.9. The van der Waals surface area contributed by atoms with Gasteiger partial charge in [-0.25, -0.2) is 13.2 Å². The number of halogens is 3. The van der Waals surface area contributed by atoms with Crippen LogP contribution in [0.1, 0.15) is 21.5 Å². The Kier molecular flexibility index (Phi) is 4.16. The fourth-order valence-corrected chi connectivity index (χ4v) is 1.89. The van der Waals surface area contributed by atoms with Crippen LogP contribution in [0.5, 0.6) is 0 Å². The smallest absolute Gasteiger partial charge is 0.251 e. The number of hydrogen-bond donors (Lipinski definition) is 2. The van der Waals surface area contributed by atoms with E-state index in [2.05, 4.69) is 5.32 Å². The Morgan fingerprint density at radius 1 is 1.10 bits per heavy atom. The van der Waals surface area contributed by atoms with Crippen LogP contribution >= 0.6 is 0 Å². The molecule has 0 bridgehead atoms. The summed E-state index contributed by atoms with van der Waals surface area (Å²) in [7, 11) is 0. The predicted octanol–water partition coefficient (Wildman–Crippen LogP) is 3.12. The number of benzene rings is 2. The normalized spacial score (nSPS) is 10.5. The molecule has 0 heterocycles. The maximum absolute atomic E-state index is 13.6. The second-order valence-corrected chi connectivity index (χ2v) is 4.61. The summed E-state index contributed by atoms with van der Waals surface area (Å²) in [6, 6.07) is 6.08. The molecule has 0 saturated heterocycles. The molecular formula is C15H13F3N2O. The van der Waals surface area contributed by atoms with Gasteiger partial charge in [0.25, 0.3) is 5.91 Å². The lowest BCUT2D eigenvalue weighted by Crippen LogP contribution is -2.14. The van der Waals surface area contributed by atoms with Crippen molar-refractivity contribution in [1.82, 2.24) is 0 Å². The lowest BCUT2D eigenvalue weighted by atomic mass is 10.1. The molecule has 2 rings (SSSR count). The van der Waals surface area contributed by atoms with Gasteiger partial charge >= 0.3 is 0 Å². The molecule has 0 aromatic heterocycles. The molecule has 0 aliphatic rings. The van der Waals surface area contributed by atoms with E-state index in [1.54, 1.807) is 19.1 Å². The highest BCUT2D eigenvalue weighted by Gasteiger charge is 2.13. The molecule has 3 N–H and O–H groups in total. The molecule has 2 aromatic rings. The molecule has 110 valence electrons. The average molecular weight is 294 g/mol. The van der Waals surface area contributed by atoms with Gasteiger partial charge in [-0.3, -0.25) is 4.79 Å². The zero-order valence-corrected chi connectivity index (χ0v) is 11.2. The predicted molar refractivity (Wildman–Crippen MR) is 73.3 cm³/mol. The molecule has 0 aliphatic heterocycles. The van der Waals surface area contributed by atoms with Crippen molar-refractivity contribution in [3.05, 3.63) is 64.5 Å². The van der Waals surface area contributed by atoms with E-state index < -0.39 is 23.1 Å². The first-order valence-corrected chi connectivity index (χ1v) is 6.16. The van der Waals surface area contributed by atoms with Gasteiger partial charge in [0.1, 0.15) is 17.5 Å². The van der Waals surface area contributed by atoms with Crippen molar-refractivity contribution >= 4 is 11.6 Å². The number of aryl methyl sites for hydroxylation is 1. The molecule has 0 aliphatic carbocycles. The van der Waals surface area contributed by atoms with Crippen molar-refractivity contribution in [2.24, 2.45) is 5.73 Å². The first-order valence-electron chi connectivity index (χ1n) is 6.16. The number of nitrogens with one attached hydrogen (secondary N) is 1. The zero-order valence-electron chi connectivity index (χ0n) is 11.2. The van der Waals surface area contributed by atoms with Crippen molar-refractivity contribution in [2.75, 3.05) is 5.32 Å². The minimum absolute atomic E-state index is 0.0489. The van der Waals surface area contributed by atoms with Gasteiger partial charge in [-0.05, 0) is 30.2 Å². The van der Waals surface area contributed by atoms with Crippen LogP contribution in [0, 0.1) is 24.4 Å². The third-order valence-electron chi connectivity index (χ3n) is 3.03. The number of carbonyl (C=O) groups is 1. The number of amides is 1. The lowest BCUT2D eigenvalue weighted by Gasteiger charge is -2.10. The quantitative estimate of drug-likeness (QED) is 0.910. The highest BCUT2D eigenvalue weighted by molar-refractivity contribution is 5.94. The molecule has 0 saturated carbocycles. The van der Waals surface area contributed by atoms with Crippen molar-refractivity contribution in [2.45, 2.75) is 13.5 Å². The second kappa shape index (κ2) is 5.87. The van der Waals surface area contributed by atoms with Gasteiger partial charge in [0.2, 0.25) is 0 Å². The van der Waals surface area contributed by atoms with Crippen molar-refractivity contribution < 1.29 is 18.0 Å². The molecule has 21 heavy (non-hydrogen) atoms. The molecule has 1 amide bonds. The number of anilines is 1. The van der Waals surface area contributed by atoms with E-state index in [-0.39, 0.29) is 18.0 Å². The Labute approximate surface area is 119 Å². The Balaban J connectivity index is 2.21. The van der Waals surface area contributed by atoms with Crippen molar-refractivity contribution in [3.63, 3.8) is 0 Å². The summed E-state index contributed by atoms with van der Waals surface area (Å²) < 4.78 is 40.1. The van der Waals surface area contributed by atoms with E-state index in [1.807, 2.05) is 0 Å². The van der Waals surface area contributed by atoms with Crippen LogP contribution in [0.2, 0.25) is 0 Å². The largest absolute Gasteiger partial charge is 0.379 e. The minimum Gasteiger partial charge on any atom is -0.379 e. The fourth-order valence-electron chi connectivity index (χ4n) is 1.89. The highest BCUT2D eigenvalue weighted by atomic mass is 19.1. The zero-order chi connectivity index (χ0) is 15.6. The Morgan fingerprint density at radius 3 is 2.43 bits per heavy atom. The molecule has 0 fully saturated rings. The van der Waals surface area contributed by atoms with Crippen LogP contribution in [-0.4, -0.2) is 5.91 Å². The van der Waals surface area contributed by atoms with Gasteiger partial charge in [-0.1, -0.05) is 12.1 Å². The molecule has 6 heteroatoms. The van der Waals surface area contributed by atoms with Crippen LogP contribution in [0.3, 0.4) is 0 Å². The van der Waals surface area contributed by atoms with E-state index >= 15 is 0 Å². The number of nitrogens with two attached hydrogens (primary N) is 1. The third-order valence-corrected chi connectivity index (χ3v) is 3.03. The molecule has 0 atom stereocenters. The Hall–Kier alpha value is -2.50. The Morgan fingerprint density at radius 2 is 1.81 bits per heavy atom. The number of carbonyl (C=O) groups excluding carboxylic acids is 1. The van der Waals surface area contributed by atoms with E-state index in [9.17, 15) is 18.0 Å². The van der Waals surface area contributed by atoms with Crippen LogP contribution in [0.15, 0.2) is 30.3 Å². The van der Waals surface area contributed by atoms with Gasteiger partial charge in [-0.15, -0.1) is 0 Å². The summed E-state index contributed by atoms with van der Waals surface area (Å²) in [6.45, 7) is 1.81. The van der Waals surface area contributed by atoms with Gasteiger partial charge in [-0.2, -0.15) is 0 Å². The van der Waals surface area contributed by atoms with E-state index in [4.69, 9.17) is 5.73 Å². The SMILES string of the molecule is Cc1cc(CNc2cc(C(N)=O)c(F)cc2F)ccc1F. The third kappa shape index (κ3) is 3.34. The van der Waals surface area contributed by atoms with Crippen LogP contribution in [-0.2, 0) is 6.54 Å². The Bertz CT molecular complexity index is 702. The summed E-state index contributed by atoms with van der Waals surface area (Å²) in [5.74, 6) is -3.16. The summed E-state index contributed by atoms with van der Waals surface area (Å²) in [5, 5.41) is 2.73. The van der Waals surface area contributed by atoms with E-state index in [0.29, 0.717) is 11.6 Å². The van der Waals surface area contributed by atoms with E-state index in [0.717, 1.165) is 11.6 Å². The van der Waals surface area contributed by atoms with Crippen LogP contribution in [0.4, 0.5) is 18.9 Å². The summed E-state index contributed by atoms with van der Waals surface area (Å²) in [4.78, 5) is 11.0. The molecule has 0 spiro atoms. The molecule has 3 nitrogen and oxygen atoms in total. The number of rotatable bonds is 4. The van der Waals surface area contributed by atoms with Crippen LogP contribution < -0.4 is 11.1 Å². The van der Waals surface area contributed by atoms with E-state index in [1.165, 1.54) is 6.07 Å². The number of primary amides is 1. The maximum Gasteiger partial charge on any atom is 0.251 e. The lowest BCUT2D eigenvalue weighted by molar-refractivity contribution is 0.0996. The summed E-state index contributed by atoms with van der Waals surface area (Å²) >= 11 is 0. The van der Waals surface area contributed by atoms with Crippen molar-refractivity contribution in [1.29, 1.82) is 0 Å². The number of hydrogen-bond acceptors (Lipinski definition) is 2. The summed E-state index contributed by atoms with van der Waals surface area (Å²) in [5.41, 5.74) is 5.75. The maximum atomic E-state index is 13.6. The topological polar surface area (TPSA) is 55.1 Å². The van der Waals surface area contributed by atoms with Gasteiger partial charge in [0, 0.05) is 12.6 Å². The molecule has 2 aromatic carbocycles. The van der Waals surface area contributed by atoms with Gasteiger partial charge in [0.15, 0.2) is 0 Å². The molecular weight excluding hydrogens is 281 g/mol. The highest BCUT2D eigenvalue weighted by Crippen LogP contribution is 2.20. The van der Waals surface area contributed by atoms with Gasteiger partial charge in [0.05, 0.1) is 11.3 Å². The van der Waals surface area contributed by atoms with Crippen molar-refractivity contribution in [3.8, 4) is 0 Å². The standard InChI is InChI=1S/C15H13F3N2O/c1-8-4-9(2-3-11(8)16)7-20-14-5-10(15(19)21)12(17)6-13(14)18/h2-6,20H,7H2,1H3,(H2,19,21). The monoisotopic (exact) mass is 294 g/mol. The minimum atomic E-state index is -1.01. The molecule has 0 unspecified atom stereocenters.